The summed E-state index contributed by atoms with van der Waals surface area (Å²) in [4.78, 5) is 4.54. The highest BCUT2D eigenvalue weighted by Gasteiger charge is 2.10. The highest BCUT2D eigenvalue weighted by atomic mass is 16.5. The predicted molar refractivity (Wildman–Crippen MR) is 84.5 cm³/mol. The molecule has 1 aromatic carbocycles. The van der Waals surface area contributed by atoms with E-state index in [9.17, 15) is 5.26 Å². The lowest BCUT2D eigenvalue weighted by molar-refractivity contribution is 0.415. The van der Waals surface area contributed by atoms with Gasteiger partial charge in [0.05, 0.1) is 12.7 Å². The van der Waals surface area contributed by atoms with Crippen molar-refractivity contribution in [1.29, 1.82) is 5.26 Å². The number of nitrogens with zero attached hydrogens (tertiary/aromatic N) is 2. The van der Waals surface area contributed by atoms with Crippen LogP contribution in [0.3, 0.4) is 0 Å². The third kappa shape index (κ3) is 3.32. The molecule has 108 valence electrons. The molecular formula is C17H19N3O. The van der Waals surface area contributed by atoms with E-state index in [-0.39, 0.29) is 0 Å². The summed E-state index contributed by atoms with van der Waals surface area (Å²) in [6.45, 7) is 4.85. The average Bonchev–Trinajstić information content (AvgIpc) is 2.53. The second-order valence-electron chi connectivity index (χ2n) is 4.78. The third-order valence-corrected chi connectivity index (χ3v) is 3.28. The monoisotopic (exact) mass is 281 g/mol. The van der Waals surface area contributed by atoms with Crippen LogP contribution in [0.1, 0.15) is 24.6 Å². The van der Waals surface area contributed by atoms with Gasteiger partial charge in [0.15, 0.2) is 0 Å². The van der Waals surface area contributed by atoms with Crippen molar-refractivity contribution in [3.8, 4) is 22.9 Å². The molecule has 0 aliphatic rings. The third-order valence-electron chi connectivity index (χ3n) is 3.28. The molecule has 0 radical (unpaired) electrons. The van der Waals surface area contributed by atoms with E-state index in [2.05, 4.69) is 23.3 Å². The van der Waals surface area contributed by atoms with E-state index in [0.29, 0.717) is 11.4 Å². The van der Waals surface area contributed by atoms with Gasteiger partial charge in [-0.15, -0.1) is 0 Å². The highest BCUT2D eigenvalue weighted by Crippen LogP contribution is 2.28. The fourth-order valence-electron chi connectivity index (χ4n) is 2.13. The van der Waals surface area contributed by atoms with Crippen molar-refractivity contribution in [3.05, 3.63) is 41.6 Å². The number of aromatic nitrogens is 1. The number of aryl methyl sites for hydroxylation is 1. The van der Waals surface area contributed by atoms with Crippen molar-refractivity contribution in [2.24, 2.45) is 0 Å². The van der Waals surface area contributed by atoms with Gasteiger partial charge in [0.2, 0.25) is 0 Å². The van der Waals surface area contributed by atoms with Gasteiger partial charge in [0.1, 0.15) is 17.6 Å². The average molecular weight is 281 g/mol. The van der Waals surface area contributed by atoms with Crippen LogP contribution in [-0.4, -0.2) is 18.6 Å². The quantitative estimate of drug-likeness (QED) is 0.906. The molecule has 0 saturated carbocycles. The zero-order valence-corrected chi connectivity index (χ0v) is 12.6. The van der Waals surface area contributed by atoms with Gasteiger partial charge in [-0.25, -0.2) is 4.98 Å². The van der Waals surface area contributed by atoms with Crippen molar-refractivity contribution < 1.29 is 4.74 Å². The molecule has 4 heteroatoms. The first-order valence-corrected chi connectivity index (χ1v) is 6.99. The zero-order valence-electron chi connectivity index (χ0n) is 12.6. The lowest BCUT2D eigenvalue weighted by Crippen LogP contribution is -2.05. The number of methoxy groups -OCH3 is 1. The smallest absolute Gasteiger partial charge is 0.144 e. The molecule has 0 amide bonds. The minimum atomic E-state index is 0.569. The van der Waals surface area contributed by atoms with E-state index < -0.39 is 0 Å². The van der Waals surface area contributed by atoms with E-state index in [1.807, 2.05) is 37.3 Å². The molecule has 2 aromatic rings. The molecule has 0 saturated heterocycles. The van der Waals surface area contributed by atoms with Gasteiger partial charge in [-0.2, -0.15) is 5.26 Å². The van der Waals surface area contributed by atoms with Crippen LogP contribution in [0, 0.1) is 18.3 Å². The minimum Gasteiger partial charge on any atom is -0.497 e. The largest absolute Gasteiger partial charge is 0.497 e. The number of anilines is 1. The van der Waals surface area contributed by atoms with Crippen LogP contribution in [0.25, 0.3) is 11.1 Å². The fourth-order valence-corrected chi connectivity index (χ4v) is 2.13. The summed E-state index contributed by atoms with van der Waals surface area (Å²) in [5, 5.41) is 12.5. The maximum Gasteiger partial charge on any atom is 0.144 e. The maximum atomic E-state index is 9.31. The summed E-state index contributed by atoms with van der Waals surface area (Å²) in [6.07, 6.45) is 0.992. The zero-order chi connectivity index (χ0) is 15.2. The molecule has 0 unspecified atom stereocenters. The Morgan fingerprint density at radius 1 is 1.29 bits per heavy atom. The van der Waals surface area contributed by atoms with Gasteiger partial charge in [-0.1, -0.05) is 19.1 Å². The first kappa shape index (κ1) is 14.9. The molecule has 1 aromatic heterocycles. The lowest BCUT2D eigenvalue weighted by atomic mass is 10.0. The van der Waals surface area contributed by atoms with Gasteiger partial charge < -0.3 is 10.1 Å². The number of nitriles is 1. The highest BCUT2D eigenvalue weighted by molar-refractivity contribution is 5.71. The summed E-state index contributed by atoms with van der Waals surface area (Å²) < 4.78 is 5.17. The van der Waals surface area contributed by atoms with Gasteiger partial charge in [0, 0.05) is 17.8 Å². The fraction of sp³-hybridized carbons (Fsp3) is 0.294. The second kappa shape index (κ2) is 6.76. The Labute approximate surface area is 125 Å². The van der Waals surface area contributed by atoms with Crippen LogP contribution >= 0.6 is 0 Å². The number of ether oxygens (including phenoxy) is 1. The van der Waals surface area contributed by atoms with Crippen molar-refractivity contribution in [1.82, 2.24) is 4.98 Å². The van der Waals surface area contributed by atoms with Crippen molar-refractivity contribution in [3.63, 3.8) is 0 Å². The number of pyridine rings is 1. The standard InChI is InChI=1S/C17H19N3O/c1-4-9-19-17-14(11-18)10-16(12(2)20-17)13-5-7-15(21-3)8-6-13/h5-8,10H,4,9H2,1-3H3,(H,19,20). The van der Waals surface area contributed by atoms with Crippen molar-refractivity contribution in [2.75, 3.05) is 19.0 Å². The number of hydrogen-bond acceptors (Lipinski definition) is 4. The Bertz CT molecular complexity index is 657. The molecule has 0 aliphatic carbocycles. The normalized spacial score (nSPS) is 10.0. The van der Waals surface area contributed by atoms with Crippen LogP contribution in [0.15, 0.2) is 30.3 Å². The van der Waals surface area contributed by atoms with Crippen LogP contribution in [0.4, 0.5) is 5.82 Å². The van der Waals surface area contributed by atoms with E-state index >= 15 is 0 Å². The Hall–Kier alpha value is -2.54. The van der Waals surface area contributed by atoms with Crippen LogP contribution in [0.5, 0.6) is 5.75 Å². The first-order valence-electron chi connectivity index (χ1n) is 6.99. The summed E-state index contributed by atoms with van der Waals surface area (Å²) >= 11 is 0. The van der Waals surface area contributed by atoms with Crippen molar-refractivity contribution in [2.45, 2.75) is 20.3 Å². The molecule has 0 atom stereocenters. The molecule has 2 rings (SSSR count). The van der Waals surface area contributed by atoms with Gasteiger partial charge >= 0.3 is 0 Å². The molecule has 21 heavy (non-hydrogen) atoms. The second-order valence-corrected chi connectivity index (χ2v) is 4.78. The SMILES string of the molecule is CCCNc1nc(C)c(-c2ccc(OC)cc2)cc1C#N. The summed E-state index contributed by atoms with van der Waals surface area (Å²) in [7, 11) is 1.64. The van der Waals surface area contributed by atoms with Gasteiger partial charge in [-0.05, 0) is 37.1 Å². The molecule has 0 fully saturated rings. The van der Waals surface area contributed by atoms with Crippen LogP contribution in [0.2, 0.25) is 0 Å². The summed E-state index contributed by atoms with van der Waals surface area (Å²) in [5.74, 6) is 1.47. The van der Waals surface area contributed by atoms with Gasteiger partial charge in [0.25, 0.3) is 0 Å². The van der Waals surface area contributed by atoms with E-state index in [1.165, 1.54) is 0 Å². The Morgan fingerprint density at radius 2 is 2.00 bits per heavy atom. The first-order chi connectivity index (χ1) is 10.2. The Morgan fingerprint density at radius 3 is 2.57 bits per heavy atom. The molecule has 1 heterocycles. The summed E-state index contributed by atoms with van der Waals surface area (Å²) in [6, 6.07) is 11.9. The van der Waals surface area contributed by atoms with Crippen LogP contribution in [-0.2, 0) is 0 Å². The van der Waals surface area contributed by atoms with E-state index in [4.69, 9.17) is 4.74 Å². The van der Waals surface area contributed by atoms with Crippen molar-refractivity contribution >= 4 is 5.82 Å². The molecule has 4 nitrogen and oxygen atoms in total. The predicted octanol–water partition coefficient (Wildman–Crippen LogP) is 3.76. The molecular weight excluding hydrogens is 262 g/mol. The number of rotatable bonds is 5. The molecule has 0 spiro atoms. The maximum absolute atomic E-state index is 9.31. The number of nitrogens with one attached hydrogen (secondary N) is 1. The molecule has 0 bridgehead atoms. The minimum absolute atomic E-state index is 0.569. The van der Waals surface area contributed by atoms with E-state index in [0.717, 1.165) is 35.5 Å². The topological polar surface area (TPSA) is 57.9 Å². The molecule has 0 aliphatic heterocycles. The number of hydrogen-bond donors (Lipinski definition) is 1. The number of benzene rings is 1. The van der Waals surface area contributed by atoms with E-state index in [1.54, 1.807) is 7.11 Å². The lowest BCUT2D eigenvalue weighted by Gasteiger charge is -2.12. The molecule has 1 N–H and O–H groups in total. The van der Waals surface area contributed by atoms with Crippen LogP contribution < -0.4 is 10.1 Å². The Balaban J connectivity index is 2.42. The van der Waals surface area contributed by atoms with Gasteiger partial charge in [-0.3, -0.25) is 0 Å². The summed E-state index contributed by atoms with van der Waals surface area (Å²) in [5.41, 5.74) is 3.47. The Kier molecular flexibility index (Phi) is 4.78.